The van der Waals surface area contributed by atoms with Crippen molar-refractivity contribution >= 4 is 0 Å². The van der Waals surface area contributed by atoms with E-state index >= 15 is 0 Å². The van der Waals surface area contributed by atoms with Gasteiger partial charge in [-0.1, -0.05) is 25.6 Å². The average Bonchev–Trinajstić information content (AvgIpc) is 2.37. The average molecular weight is 235 g/mol. The number of methoxy groups -OCH3 is 1. The predicted molar refractivity (Wildman–Crippen MR) is 70.7 cm³/mol. The van der Waals surface area contributed by atoms with Crippen LogP contribution in [0.25, 0.3) is 0 Å². The predicted octanol–water partition coefficient (Wildman–Crippen LogP) is 2.76. The van der Waals surface area contributed by atoms with Gasteiger partial charge in [-0.3, -0.25) is 0 Å². The zero-order chi connectivity index (χ0) is 12.5. The van der Waals surface area contributed by atoms with Crippen LogP contribution in [0.1, 0.15) is 18.9 Å². The quantitative estimate of drug-likeness (QED) is 0.555. The Morgan fingerprint density at radius 2 is 2.18 bits per heavy atom. The molecule has 0 unspecified atom stereocenters. The van der Waals surface area contributed by atoms with Crippen LogP contribution < -0.4 is 14.8 Å². The Morgan fingerprint density at radius 3 is 2.82 bits per heavy atom. The summed E-state index contributed by atoms with van der Waals surface area (Å²) in [6, 6.07) is 5.98. The largest absolute Gasteiger partial charge is 0.493 e. The Balaban J connectivity index is 2.66. The van der Waals surface area contributed by atoms with Gasteiger partial charge in [-0.15, -0.1) is 0 Å². The van der Waals surface area contributed by atoms with Gasteiger partial charge in [0.05, 0.1) is 7.11 Å². The van der Waals surface area contributed by atoms with Crippen LogP contribution in [0, 0.1) is 0 Å². The molecule has 0 fully saturated rings. The summed E-state index contributed by atoms with van der Waals surface area (Å²) < 4.78 is 10.8. The molecule has 0 aromatic heterocycles. The van der Waals surface area contributed by atoms with Gasteiger partial charge < -0.3 is 14.8 Å². The van der Waals surface area contributed by atoms with Crippen molar-refractivity contribution in [3.8, 4) is 11.5 Å². The van der Waals surface area contributed by atoms with Crippen molar-refractivity contribution in [3.05, 3.63) is 36.4 Å². The molecule has 0 aliphatic heterocycles. The molecule has 3 heteroatoms. The van der Waals surface area contributed by atoms with E-state index in [9.17, 15) is 0 Å². The van der Waals surface area contributed by atoms with Crippen molar-refractivity contribution in [1.82, 2.24) is 5.32 Å². The van der Waals surface area contributed by atoms with Gasteiger partial charge in [-0.25, -0.2) is 0 Å². The van der Waals surface area contributed by atoms with Crippen LogP contribution in [0.2, 0.25) is 0 Å². The Morgan fingerprint density at radius 1 is 1.35 bits per heavy atom. The lowest BCUT2D eigenvalue weighted by Gasteiger charge is -2.11. The minimum absolute atomic E-state index is 0.490. The standard InChI is InChI=1S/C14H21NO2/c1-4-8-15-11-12-6-7-13(17-9-5-2)14(10-12)16-3/h5-7,10,15H,2,4,8-9,11H2,1,3H3. The van der Waals surface area contributed by atoms with E-state index in [1.807, 2.05) is 18.2 Å². The van der Waals surface area contributed by atoms with E-state index in [2.05, 4.69) is 18.8 Å². The van der Waals surface area contributed by atoms with Crippen molar-refractivity contribution in [2.24, 2.45) is 0 Å². The first-order valence-electron chi connectivity index (χ1n) is 5.93. The number of hydrogen-bond donors (Lipinski definition) is 1. The summed E-state index contributed by atoms with van der Waals surface area (Å²) in [5.41, 5.74) is 1.20. The smallest absolute Gasteiger partial charge is 0.161 e. The second-order valence-corrected chi connectivity index (χ2v) is 3.76. The highest BCUT2D eigenvalue weighted by atomic mass is 16.5. The third-order valence-corrected chi connectivity index (χ3v) is 2.34. The first-order valence-corrected chi connectivity index (χ1v) is 5.93. The summed E-state index contributed by atoms with van der Waals surface area (Å²) in [6.45, 7) is 8.14. The molecule has 0 saturated carbocycles. The van der Waals surface area contributed by atoms with Crippen molar-refractivity contribution in [3.63, 3.8) is 0 Å². The van der Waals surface area contributed by atoms with Crippen molar-refractivity contribution in [2.45, 2.75) is 19.9 Å². The van der Waals surface area contributed by atoms with Gasteiger partial charge in [-0.05, 0) is 30.7 Å². The van der Waals surface area contributed by atoms with Crippen LogP contribution in [0.4, 0.5) is 0 Å². The van der Waals surface area contributed by atoms with Crippen molar-refractivity contribution in [1.29, 1.82) is 0 Å². The highest BCUT2D eigenvalue weighted by molar-refractivity contribution is 5.43. The number of benzene rings is 1. The summed E-state index contributed by atoms with van der Waals surface area (Å²) in [7, 11) is 1.65. The molecule has 1 rings (SSSR count). The molecule has 0 radical (unpaired) electrons. The van der Waals surface area contributed by atoms with E-state index in [0.29, 0.717) is 6.61 Å². The Kier molecular flexibility index (Phi) is 6.18. The van der Waals surface area contributed by atoms with E-state index in [1.54, 1.807) is 13.2 Å². The summed E-state index contributed by atoms with van der Waals surface area (Å²) in [5.74, 6) is 1.52. The molecule has 1 aromatic carbocycles. The Labute approximate surface area is 103 Å². The molecule has 0 heterocycles. The zero-order valence-corrected chi connectivity index (χ0v) is 10.7. The van der Waals surface area contributed by atoms with E-state index in [-0.39, 0.29) is 0 Å². The summed E-state index contributed by atoms with van der Waals surface area (Å²) in [5, 5.41) is 3.35. The fraction of sp³-hybridized carbons (Fsp3) is 0.429. The Bertz CT molecular complexity index is 350. The van der Waals surface area contributed by atoms with Crippen molar-refractivity contribution < 1.29 is 9.47 Å². The van der Waals surface area contributed by atoms with E-state index < -0.39 is 0 Å². The molecule has 0 saturated heterocycles. The molecule has 1 aromatic rings. The van der Waals surface area contributed by atoms with Gasteiger partial charge in [0.2, 0.25) is 0 Å². The number of ether oxygens (including phenoxy) is 2. The third kappa shape index (κ3) is 4.49. The molecule has 0 aliphatic rings. The molecule has 17 heavy (non-hydrogen) atoms. The van der Waals surface area contributed by atoms with Gasteiger partial charge >= 0.3 is 0 Å². The fourth-order valence-electron chi connectivity index (χ4n) is 1.50. The summed E-state index contributed by atoms with van der Waals surface area (Å²) in [6.07, 6.45) is 2.85. The SMILES string of the molecule is C=CCOc1ccc(CNCCC)cc1OC. The third-order valence-electron chi connectivity index (χ3n) is 2.34. The molecule has 0 atom stereocenters. The maximum absolute atomic E-state index is 5.49. The van der Waals surface area contributed by atoms with E-state index in [0.717, 1.165) is 31.0 Å². The highest BCUT2D eigenvalue weighted by Gasteiger charge is 2.04. The van der Waals surface area contributed by atoms with Gasteiger partial charge in [0.1, 0.15) is 6.61 Å². The van der Waals surface area contributed by atoms with Gasteiger partial charge in [0.25, 0.3) is 0 Å². The molecule has 3 nitrogen and oxygen atoms in total. The molecule has 94 valence electrons. The van der Waals surface area contributed by atoms with Crippen LogP contribution in [-0.2, 0) is 6.54 Å². The normalized spacial score (nSPS) is 10.0. The zero-order valence-electron chi connectivity index (χ0n) is 10.7. The number of nitrogens with one attached hydrogen (secondary N) is 1. The molecule has 0 aliphatic carbocycles. The lowest BCUT2D eigenvalue weighted by Crippen LogP contribution is -2.13. The number of hydrogen-bond acceptors (Lipinski definition) is 3. The first kappa shape index (κ1) is 13.6. The minimum atomic E-state index is 0.490. The molecule has 0 amide bonds. The first-order chi connectivity index (χ1) is 8.31. The topological polar surface area (TPSA) is 30.5 Å². The minimum Gasteiger partial charge on any atom is -0.493 e. The van der Waals surface area contributed by atoms with E-state index in [4.69, 9.17) is 9.47 Å². The summed E-state index contributed by atoms with van der Waals surface area (Å²) >= 11 is 0. The van der Waals surface area contributed by atoms with Crippen LogP contribution in [0.5, 0.6) is 11.5 Å². The van der Waals surface area contributed by atoms with Gasteiger partial charge in [0.15, 0.2) is 11.5 Å². The lowest BCUT2D eigenvalue weighted by atomic mass is 10.2. The van der Waals surface area contributed by atoms with Gasteiger partial charge in [0, 0.05) is 6.54 Å². The van der Waals surface area contributed by atoms with Crippen LogP contribution in [0.3, 0.4) is 0 Å². The molecule has 0 bridgehead atoms. The molecular weight excluding hydrogens is 214 g/mol. The van der Waals surface area contributed by atoms with Gasteiger partial charge in [-0.2, -0.15) is 0 Å². The maximum atomic E-state index is 5.49. The van der Waals surface area contributed by atoms with Crippen LogP contribution >= 0.6 is 0 Å². The Hall–Kier alpha value is -1.48. The summed E-state index contributed by atoms with van der Waals surface area (Å²) in [4.78, 5) is 0. The second-order valence-electron chi connectivity index (χ2n) is 3.76. The lowest BCUT2D eigenvalue weighted by molar-refractivity contribution is 0.326. The monoisotopic (exact) mass is 235 g/mol. The van der Waals surface area contributed by atoms with Crippen LogP contribution in [0.15, 0.2) is 30.9 Å². The molecule has 1 N–H and O–H groups in total. The second kappa shape index (κ2) is 7.74. The van der Waals surface area contributed by atoms with E-state index in [1.165, 1.54) is 5.56 Å². The molecule has 0 spiro atoms. The highest BCUT2D eigenvalue weighted by Crippen LogP contribution is 2.27. The maximum Gasteiger partial charge on any atom is 0.161 e. The molecular formula is C14H21NO2. The number of rotatable bonds is 8. The van der Waals surface area contributed by atoms with Crippen molar-refractivity contribution in [2.75, 3.05) is 20.3 Å². The fourth-order valence-corrected chi connectivity index (χ4v) is 1.50. The van der Waals surface area contributed by atoms with Crippen LogP contribution in [-0.4, -0.2) is 20.3 Å².